The average molecular weight is 309 g/mol. The number of carboxylic acid groups (broad SMARTS) is 1. The van der Waals surface area contributed by atoms with Crippen molar-refractivity contribution in [1.29, 1.82) is 0 Å². The maximum Gasteiger partial charge on any atom is 0.586 e. The number of halogens is 2. The highest BCUT2D eigenvalue weighted by Crippen LogP contribution is 2.41. The summed E-state index contributed by atoms with van der Waals surface area (Å²) in [5.41, 5.74) is -0.558. The molecule has 114 valence electrons. The zero-order valence-corrected chi connectivity index (χ0v) is 11.0. The van der Waals surface area contributed by atoms with Crippen LogP contribution in [0.15, 0.2) is 41.3 Å². The minimum atomic E-state index is -3.71. The predicted octanol–water partition coefficient (Wildman–Crippen LogP) is 1.92. The van der Waals surface area contributed by atoms with E-state index in [1.807, 2.05) is 0 Å². The third-order valence-corrected chi connectivity index (χ3v) is 3.07. The van der Waals surface area contributed by atoms with Gasteiger partial charge in [0.1, 0.15) is 5.56 Å². The van der Waals surface area contributed by atoms with Crippen LogP contribution in [-0.2, 0) is 6.54 Å². The van der Waals surface area contributed by atoms with Gasteiger partial charge in [0.25, 0.3) is 5.56 Å². The van der Waals surface area contributed by atoms with E-state index in [0.717, 1.165) is 0 Å². The molecule has 0 amide bonds. The van der Waals surface area contributed by atoms with Crippen molar-refractivity contribution in [2.75, 3.05) is 0 Å². The highest BCUT2D eigenvalue weighted by Gasteiger charge is 2.43. The number of fused-ring (bicyclic) bond motifs is 1. The lowest BCUT2D eigenvalue weighted by Gasteiger charge is -2.07. The van der Waals surface area contributed by atoms with Gasteiger partial charge < -0.3 is 19.1 Å². The maximum absolute atomic E-state index is 12.9. The summed E-state index contributed by atoms with van der Waals surface area (Å²) in [6.07, 6.45) is -2.30. The minimum Gasteiger partial charge on any atom is -0.477 e. The van der Waals surface area contributed by atoms with Crippen LogP contribution in [0.2, 0.25) is 0 Å². The summed E-state index contributed by atoms with van der Waals surface area (Å²) in [7, 11) is 0. The molecule has 0 saturated carbocycles. The zero-order chi connectivity index (χ0) is 15.9. The van der Waals surface area contributed by atoms with Gasteiger partial charge in [-0.2, -0.15) is 0 Å². The first kappa shape index (κ1) is 14.1. The second-order valence-electron chi connectivity index (χ2n) is 4.61. The van der Waals surface area contributed by atoms with Gasteiger partial charge >= 0.3 is 12.3 Å². The predicted molar refractivity (Wildman–Crippen MR) is 69.4 cm³/mol. The largest absolute Gasteiger partial charge is 0.586 e. The van der Waals surface area contributed by atoms with Crippen molar-refractivity contribution in [3.05, 3.63) is 58.0 Å². The number of hydrogen-bond donors (Lipinski definition) is 1. The number of alkyl halides is 2. The Morgan fingerprint density at radius 2 is 1.95 bits per heavy atom. The van der Waals surface area contributed by atoms with Crippen LogP contribution >= 0.6 is 0 Å². The maximum atomic E-state index is 12.9. The van der Waals surface area contributed by atoms with E-state index in [0.29, 0.717) is 5.56 Å². The third kappa shape index (κ3) is 2.50. The fourth-order valence-electron chi connectivity index (χ4n) is 2.11. The second kappa shape index (κ2) is 4.83. The molecule has 1 aromatic heterocycles. The van der Waals surface area contributed by atoms with Crippen LogP contribution < -0.4 is 15.0 Å². The van der Waals surface area contributed by atoms with Gasteiger partial charge in [-0.25, -0.2) is 4.79 Å². The summed E-state index contributed by atoms with van der Waals surface area (Å²) in [5.74, 6) is -1.56. The molecule has 0 saturated heterocycles. The van der Waals surface area contributed by atoms with Gasteiger partial charge in [0.05, 0.1) is 6.54 Å². The van der Waals surface area contributed by atoms with Crippen molar-refractivity contribution in [3.63, 3.8) is 0 Å². The molecule has 1 aromatic carbocycles. The lowest BCUT2D eigenvalue weighted by Crippen LogP contribution is -2.26. The number of pyridine rings is 1. The number of aromatic nitrogens is 1. The van der Waals surface area contributed by atoms with Crippen LogP contribution in [0.25, 0.3) is 0 Å². The molecule has 1 aliphatic rings. The molecule has 0 bridgehead atoms. The Kier molecular flexibility index (Phi) is 3.09. The summed E-state index contributed by atoms with van der Waals surface area (Å²) in [5, 5.41) is 8.91. The number of carboxylic acids is 1. The van der Waals surface area contributed by atoms with Gasteiger partial charge in [-0.05, 0) is 29.8 Å². The fraction of sp³-hybridized carbons (Fsp3) is 0.143. The molecule has 0 atom stereocenters. The number of ether oxygens (including phenoxy) is 2. The van der Waals surface area contributed by atoms with Crippen LogP contribution in [0, 0.1) is 0 Å². The van der Waals surface area contributed by atoms with Gasteiger partial charge in [0, 0.05) is 6.20 Å². The van der Waals surface area contributed by atoms with E-state index < -0.39 is 17.8 Å². The topological polar surface area (TPSA) is 77.8 Å². The Morgan fingerprint density at radius 3 is 2.68 bits per heavy atom. The highest BCUT2D eigenvalue weighted by molar-refractivity contribution is 5.86. The first-order valence-electron chi connectivity index (χ1n) is 6.17. The monoisotopic (exact) mass is 309 g/mol. The number of carbonyl (C=O) groups is 1. The zero-order valence-electron chi connectivity index (χ0n) is 11.0. The Morgan fingerprint density at radius 1 is 1.23 bits per heavy atom. The van der Waals surface area contributed by atoms with Gasteiger partial charge in [-0.1, -0.05) is 6.07 Å². The molecule has 8 heteroatoms. The van der Waals surface area contributed by atoms with Crippen LogP contribution in [0.4, 0.5) is 8.78 Å². The molecule has 0 fully saturated rings. The van der Waals surface area contributed by atoms with E-state index in [4.69, 9.17) is 5.11 Å². The normalized spacial score (nSPS) is 14.8. The van der Waals surface area contributed by atoms with E-state index in [9.17, 15) is 18.4 Å². The Balaban J connectivity index is 1.91. The summed E-state index contributed by atoms with van der Waals surface area (Å²) < 4.78 is 35.6. The molecule has 0 radical (unpaired) electrons. The Hall–Kier alpha value is -2.90. The molecular formula is C14H9F2NO5. The molecule has 3 rings (SSSR count). The van der Waals surface area contributed by atoms with Crippen molar-refractivity contribution < 1.29 is 28.2 Å². The molecule has 2 heterocycles. The number of hydrogen-bond acceptors (Lipinski definition) is 4. The molecular weight excluding hydrogens is 300 g/mol. The van der Waals surface area contributed by atoms with Crippen LogP contribution in [0.5, 0.6) is 11.5 Å². The van der Waals surface area contributed by atoms with Gasteiger partial charge in [0.15, 0.2) is 11.5 Å². The smallest absolute Gasteiger partial charge is 0.477 e. The SMILES string of the molecule is O=C(O)c1cccn(Cc2ccc3c(c2)OC(F)(F)O3)c1=O. The summed E-state index contributed by atoms with van der Waals surface area (Å²) in [6.45, 7) is 0.0160. The molecule has 1 aliphatic heterocycles. The summed E-state index contributed by atoms with van der Waals surface area (Å²) in [6, 6.07) is 6.73. The highest BCUT2D eigenvalue weighted by atomic mass is 19.3. The lowest BCUT2D eigenvalue weighted by molar-refractivity contribution is -0.286. The summed E-state index contributed by atoms with van der Waals surface area (Å²) >= 11 is 0. The van der Waals surface area contributed by atoms with Crippen molar-refractivity contribution in [2.24, 2.45) is 0 Å². The number of benzene rings is 1. The van der Waals surface area contributed by atoms with Gasteiger partial charge in [-0.3, -0.25) is 4.79 Å². The van der Waals surface area contributed by atoms with E-state index in [-0.39, 0.29) is 23.6 Å². The van der Waals surface area contributed by atoms with Crippen LogP contribution in [0.3, 0.4) is 0 Å². The quantitative estimate of drug-likeness (QED) is 0.937. The van der Waals surface area contributed by atoms with Crippen molar-refractivity contribution in [3.8, 4) is 11.5 Å². The lowest BCUT2D eigenvalue weighted by atomic mass is 10.2. The molecule has 0 unspecified atom stereocenters. The fourth-order valence-corrected chi connectivity index (χ4v) is 2.11. The molecule has 1 N–H and O–H groups in total. The first-order chi connectivity index (χ1) is 10.4. The molecule has 22 heavy (non-hydrogen) atoms. The van der Waals surface area contributed by atoms with E-state index >= 15 is 0 Å². The Labute approximate surface area is 122 Å². The average Bonchev–Trinajstić information content (AvgIpc) is 2.74. The molecule has 0 aliphatic carbocycles. The van der Waals surface area contributed by atoms with E-state index in [2.05, 4.69) is 9.47 Å². The van der Waals surface area contributed by atoms with E-state index in [1.54, 1.807) is 0 Å². The summed E-state index contributed by atoms with van der Waals surface area (Å²) in [4.78, 5) is 22.9. The van der Waals surface area contributed by atoms with Gasteiger partial charge in [-0.15, -0.1) is 8.78 Å². The van der Waals surface area contributed by atoms with Crippen LogP contribution in [-0.4, -0.2) is 21.9 Å². The molecule has 6 nitrogen and oxygen atoms in total. The minimum absolute atomic E-state index is 0.0160. The standard InChI is InChI=1S/C14H9F2NO5/c15-14(16)21-10-4-3-8(6-11(10)22-14)7-17-5-1-2-9(12(17)18)13(19)20/h1-6H,7H2,(H,19,20). The molecule has 2 aromatic rings. The van der Waals surface area contributed by atoms with Crippen molar-refractivity contribution in [1.82, 2.24) is 4.57 Å². The van der Waals surface area contributed by atoms with Crippen molar-refractivity contribution in [2.45, 2.75) is 12.8 Å². The number of rotatable bonds is 3. The van der Waals surface area contributed by atoms with E-state index in [1.165, 1.54) is 41.1 Å². The number of aromatic carboxylic acids is 1. The van der Waals surface area contributed by atoms with Crippen LogP contribution in [0.1, 0.15) is 15.9 Å². The second-order valence-corrected chi connectivity index (χ2v) is 4.61. The Bertz CT molecular complexity index is 815. The first-order valence-corrected chi connectivity index (χ1v) is 6.17. The molecule has 0 spiro atoms. The third-order valence-electron chi connectivity index (χ3n) is 3.07. The number of nitrogens with zero attached hydrogens (tertiary/aromatic N) is 1. The van der Waals surface area contributed by atoms with Gasteiger partial charge in [0.2, 0.25) is 0 Å². The van der Waals surface area contributed by atoms with Crippen molar-refractivity contribution >= 4 is 5.97 Å².